The number of rotatable bonds is 5. The van der Waals surface area contributed by atoms with E-state index in [4.69, 9.17) is 0 Å². The molecular formula is C15H16N2O4S. The van der Waals surface area contributed by atoms with E-state index in [1.165, 1.54) is 10.6 Å². The number of aromatic nitrogens is 1. The van der Waals surface area contributed by atoms with Crippen molar-refractivity contribution >= 4 is 21.4 Å². The fourth-order valence-corrected chi connectivity index (χ4v) is 2.40. The average Bonchev–Trinajstić information content (AvgIpc) is 2.46. The number of benzene rings is 1. The summed E-state index contributed by atoms with van der Waals surface area (Å²) in [4.78, 5) is 23.3. The molecule has 0 fully saturated rings. The Morgan fingerprint density at radius 3 is 2.41 bits per heavy atom. The van der Waals surface area contributed by atoms with Crippen LogP contribution in [-0.2, 0) is 14.6 Å². The summed E-state index contributed by atoms with van der Waals surface area (Å²) in [6.45, 7) is 0. The van der Waals surface area contributed by atoms with Gasteiger partial charge in [0.25, 0.3) is 5.56 Å². The fraction of sp³-hybridized carbons (Fsp3) is 0.200. The van der Waals surface area contributed by atoms with Gasteiger partial charge in [0.2, 0.25) is 5.91 Å². The van der Waals surface area contributed by atoms with Crippen molar-refractivity contribution in [3.63, 3.8) is 0 Å². The Balaban J connectivity index is 2.05. The summed E-state index contributed by atoms with van der Waals surface area (Å²) in [5, 5.41) is 2.62. The van der Waals surface area contributed by atoms with Crippen LogP contribution in [0, 0.1) is 0 Å². The zero-order chi connectivity index (χ0) is 16.2. The Morgan fingerprint density at radius 1 is 1.14 bits per heavy atom. The summed E-state index contributed by atoms with van der Waals surface area (Å²) in [5.74, 6) is -0.550. The van der Waals surface area contributed by atoms with Gasteiger partial charge in [-0.05, 0) is 30.3 Å². The van der Waals surface area contributed by atoms with Gasteiger partial charge in [-0.3, -0.25) is 14.2 Å². The van der Waals surface area contributed by atoms with Crippen LogP contribution >= 0.6 is 0 Å². The second-order valence-electron chi connectivity index (χ2n) is 4.88. The summed E-state index contributed by atoms with van der Waals surface area (Å²) < 4.78 is 23.5. The zero-order valence-corrected chi connectivity index (χ0v) is 12.8. The third-order valence-electron chi connectivity index (χ3n) is 2.95. The molecule has 1 aromatic carbocycles. The lowest BCUT2D eigenvalue weighted by molar-refractivity contribution is -0.115. The highest BCUT2D eigenvalue weighted by Gasteiger charge is 2.08. The number of amides is 1. The number of nitrogens with one attached hydrogen (secondary N) is 1. The SMILES string of the molecule is CS(=O)(=O)CCC(=O)Nc1ccc(-n2ccccc2=O)cc1. The molecule has 1 heterocycles. The van der Waals surface area contributed by atoms with Gasteiger partial charge in [0.1, 0.15) is 9.84 Å². The minimum Gasteiger partial charge on any atom is -0.326 e. The Hall–Kier alpha value is -2.41. The fourth-order valence-electron chi connectivity index (χ4n) is 1.85. The first-order valence-corrected chi connectivity index (χ1v) is 8.67. The summed E-state index contributed by atoms with van der Waals surface area (Å²) in [5.41, 5.74) is 1.08. The average molecular weight is 320 g/mol. The van der Waals surface area contributed by atoms with E-state index in [1.54, 1.807) is 42.6 Å². The molecule has 0 saturated heterocycles. The molecule has 0 spiro atoms. The molecule has 1 aromatic heterocycles. The first kappa shape index (κ1) is 16.0. The molecule has 7 heteroatoms. The number of pyridine rings is 1. The lowest BCUT2D eigenvalue weighted by atomic mass is 10.2. The van der Waals surface area contributed by atoms with Crippen molar-refractivity contribution in [1.29, 1.82) is 0 Å². The Labute approximate surface area is 128 Å². The van der Waals surface area contributed by atoms with Crippen molar-refractivity contribution in [3.05, 3.63) is 59.0 Å². The molecule has 22 heavy (non-hydrogen) atoms. The van der Waals surface area contributed by atoms with E-state index in [0.717, 1.165) is 6.26 Å². The number of nitrogens with zero attached hydrogens (tertiary/aromatic N) is 1. The third-order valence-corrected chi connectivity index (χ3v) is 3.90. The van der Waals surface area contributed by atoms with Gasteiger partial charge in [0.05, 0.1) is 5.75 Å². The molecule has 116 valence electrons. The molecule has 1 amide bonds. The van der Waals surface area contributed by atoms with E-state index in [9.17, 15) is 18.0 Å². The molecule has 2 rings (SSSR count). The van der Waals surface area contributed by atoms with Crippen LogP contribution in [0.5, 0.6) is 0 Å². The number of hydrogen-bond donors (Lipinski definition) is 1. The standard InChI is InChI=1S/C15H16N2O4S/c1-22(20,21)11-9-14(18)16-12-5-7-13(8-6-12)17-10-3-2-4-15(17)19/h2-8,10H,9,11H2,1H3,(H,16,18). The first-order valence-electron chi connectivity index (χ1n) is 6.61. The molecule has 0 aliphatic heterocycles. The van der Waals surface area contributed by atoms with Crippen LogP contribution in [0.2, 0.25) is 0 Å². The van der Waals surface area contributed by atoms with Crippen LogP contribution in [0.3, 0.4) is 0 Å². The summed E-state index contributed by atoms with van der Waals surface area (Å²) in [6.07, 6.45) is 2.66. The number of carbonyl (C=O) groups excluding carboxylic acids is 1. The highest BCUT2D eigenvalue weighted by atomic mass is 32.2. The van der Waals surface area contributed by atoms with Crippen molar-refractivity contribution in [2.75, 3.05) is 17.3 Å². The summed E-state index contributed by atoms with van der Waals surface area (Å²) in [6, 6.07) is 11.6. The van der Waals surface area contributed by atoms with E-state index in [0.29, 0.717) is 11.4 Å². The monoisotopic (exact) mass is 320 g/mol. The van der Waals surface area contributed by atoms with E-state index < -0.39 is 9.84 Å². The quantitative estimate of drug-likeness (QED) is 0.897. The molecule has 0 aliphatic rings. The Morgan fingerprint density at radius 2 is 1.82 bits per heavy atom. The minimum atomic E-state index is -3.16. The third kappa shape index (κ3) is 4.56. The zero-order valence-electron chi connectivity index (χ0n) is 12.0. The van der Waals surface area contributed by atoms with Crippen molar-refractivity contribution in [3.8, 4) is 5.69 Å². The van der Waals surface area contributed by atoms with E-state index >= 15 is 0 Å². The predicted molar refractivity (Wildman–Crippen MR) is 85.0 cm³/mol. The maximum Gasteiger partial charge on any atom is 0.255 e. The molecular weight excluding hydrogens is 304 g/mol. The maximum absolute atomic E-state index is 11.7. The van der Waals surface area contributed by atoms with E-state index in [2.05, 4.69) is 5.32 Å². The molecule has 0 saturated carbocycles. The van der Waals surface area contributed by atoms with Crippen LogP contribution in [0.4, 0.5) is 5.69 Å². The molecule has 0 atom stereocenters. The highest BCUT2D eigenvalue weighted by Crippen LogP contribution is 2.12. The molecule has 0 radical (unpaired) electrons. The number of carbonyl (C=O) groups is 1. The topological polar surface area (TPSA) is 85.2 Å². The van der Waals surface area contributed by atoms with Crippen molar-refractivity contribution in [1.82, 2.24) is 4.57 Å². The highest BCUT2D eigenvalue weighted by molar-refractivity contribution is 7.90. The lowest BCUT2D eigenvalue weighted by Crippen LogP contribution is -2.17. The molecule has 0 aliphatic carbocycles. The predicted octanol–water partition coefficient (Wildman–Crippen LogP) is 1.21. The van der Waals surface area contributed by atoms with E-state index in [1.807, 2.05) is 0 Å². The minimum absolute atomic E-state index is 0.0846. The normalized spacial score (nSPS) is 11.1. The van der Waals surface area contributed by atoms with Crippen molar-refractivity contribution in [2.45, 2.75) is 6.42 Å². The number of hydrogen-bond acceptors (Lipinski definition) is 4. The molecule has 2 aromatic rings. The maximum atomic E-state index is 11.7. The molecule has 0 unspecified atom stereocenters. The Kier molecular flexibility index (Phi) is 4.77. The lowest BCUT2D eigenvalue weighted by Gasteiger charge is -2.08. The van der Waals surface area contributed by atoms with Crippen LogP contribution in [0.15, 0.2) is 53.5 Å². The number of anilines is 1. The van der Waals surface area contributed by atoms with Crippen molar-refractivity contribution < 1.29 is 13.2 Å². The van der Waals surface area contributed by atoms with Crippen LogP contribution < -0.4 is 10.9 Å². The Bertz CT molecular complexity index is 823. The van der Waals surface area contributed by atoms with Gasteiger partial charge in [-0.15, -0.1) is 0 Å². The van der Waals surface area contributed by atoms with Gasteiger partial charge in [-0.1, -0.05) is 6.07 Å². The van der Waals surface area contributed by atoms with Gasteiger partial charge in [-0.25, -0.2) is 8.42 Å². The molecule has 0 bridgehead atoms. The van der Waals surface area contributed by atoms with E-state index in [-0.39, 0.29) is 23.6 Å². The molecule has 1 N–H and O–H groups in total. The smallest absolute Gasteiger partial charge is 0.255 e. The van der Waals surface area contributed by atoms with Gasteiger partial charge < -0.3 is 5.32 Å². The van der Waals surface area contributed by atoms with Gasteiger partial charge in [-0.2, -0.15) is 0 Å². The second-order valence-corrected chi connectivity index (χ2v) is 7.14. The van der Waals surface area contributed by atoms with Gasteiger partial charge in [0.15, 0.2) is 0 Å². The van der Waals surface area contributed by atoms with Crippen LogP contribution in [0.1, 0.15) is 6.42 Å². The first-order chi connectivity index (χ1) is 10.3. The second kappa shape index (κ2) is 6.57. The summed E-state index contributed by atoms with van der Waals surface area (Å²) in [7, 11) is -3.16. The van der Waals surface area contributed by atoms with Crippen molar-refractivity contribution in [2.24, 2.45) is 0 Å². The summed E-state index contributed by atoms with van der Waals surface area (Å²) >= 11 is 0. The largest absolute Gasteiger partial charge is 0.326 e. The molecule has 6 nitrogen and oxygen atoms in total. The van der Waals surface area contributed by atoms with Crippen LogP contribution in [-0.4, -0.2) is 30.9 Å². The van der Waals surface area contributed by atoms with Gasteiger partial charge >= 0.3 is 0 Å². The van der Waals surface area contributed by atoms with Gasteiger partial charge in [0, 0.05) is 36.3 Å². The number of sulfone groups is 1. The van der Waals surface area contributed by atoms with Crippen LogP contribution in [0.25, 0.3) is 5.69 Å².